The third kappa shape index (κ3) is 2.54. The van der Waals surface area contributed by atoms with Crippen molar-refractivity contribution in [3.05, 3.63) is 22.7 Å². The number of methoxy groups -OCH3 is 1. The van der Waals surface area contributed by atoms with Crippen LogP contribution in [0, 0.1) is 5.92 Å². The molecule has 0 aliphatic heterocycles. The van der Waals surface area contributed by atoms with Crippen LogP contribution >= 0.6 is 11.6 Å². The molecule has 0 radical (unpaired) electrons. The zero-order chi connectivity index (χ0) is 13.5. The Morgan fingerprint density at radius 3 is 2.63 bits per heavy atom. The molecule has 2 aliphatic rings. The molecule has 104 valence electrons. The van der Waals surface area contributed by atoms with Crippen LogP contribution in [0.4, 0.5) is 0 Å². The van der Waals surface area contributed by atoms with Gasteiger partial charge in [-0.25, -0.2) is 0 Å². The molecule has 3 rings (SSSR count). The standard InChI is InChI=1S/C15H20ClNO2/c1-18-13-8-11(15(17)5-2-6-15)7-12(16)14(13)19-9-10-3-4-10/h7-8,10H,2-6,9,17H2,1H3. The molecule has 0 unspecified atom stereocenters. The van der Waals surface area contributed by atoms with Gasteiger partial charge in [-0.15, -0.1) is 0 Å². The fourth-order valence-corrected chi connectivity index (χ4v) is 2.74. The predicted molar refractivity (Wildman–Crippen MR) is 75.9 cm³/mol. The second kappa shape index (κ2) is 4.88. The Hall–Kier alpha value is -0.930. The molecule has 2 saturated carbocycles. The van der Waals surface area contributed by atoms with E-state index >= 15 is 0 Å². The van der Waals surface area contributed by atoms with Crippen LogP contribution < -0.4 is 15.2 Å². The number of rotatable bonds is 5. The first-order valence-corrected chi connectivity index (χ1v) is 7.30. The van der Waals surface area contributed by atoms with Gasteiger partial charge in [-0.1, -0.05) is 11.6 Å². The monoisotopic (exact) mass is 281 g/mol. The lowest BCUT2D eigenvalue weighted by atomic mass is 9.73. The maximum Gasteiger partial charge on any atom is 0.179 e. The van der Waals surface area contributed by atoms with Crippen molar-refractivity contribution in [1.82, 2.24) is 0 Å². The first kappa shape index (κ1) is 13.1. The first-order chi connectivity index (χ1) is 9.12. The zero-order valence-electron chi connectivity index (χ0n) is 11.2. The lowest BCUT2D eigenvalue weighted by Gasteiger charge is -2.39. The zero-order valence-corrected chi connectivity index (χ0v) is 12.0. The SMILES string of the molecule is COc1cc(C2(N)CCC2)cc(Cl)c1OCC1CC1. The summed E-state index contributed by atoms with van der Waals surface area (Å²) < 4.78 is 11.2. The van der Waals surface area contributed by atoms with Crippen molar-refractivity contribution in [1.29, 1.82) is 0 Å². The van der Waals surface area contributed by atoms with Crippen molar-refractivity contribution in [2.75, 3.05) is 13.7 Å². The number of ether oxygens (including phenoxy) is 2. The van der Waals surface area contributed by atoms with Gasteiger partial charge in [0.25, 0.3) is 0 Å². The van der Waals surface area contributed by atoms with E-state index in [1.54, 1.807) is 7.11 Å². The summed E-state index contributed by atoms with van der Waals surface area (Å²) in [6.45, 7) is 0.725. The van der Waals surface area contributed by atoms with Crippen molar-refractivity contribution in [3.8, 4) is 11.5 Å². The van der Waals surface area contributed by atoms with Crippen LogP contribution in [0.3, 0.4) is 0 Å². The third-order valence-electron chi connectivity index (χ3n) is 4.21. The van der Waals surface area contributed by atoms with Gasteiger partial charge >= 0.3 is 0 Å². The van der Waals surface area contributed by atoms with Gasteiger partial charge in [-0.05, 0) is 55.7 Å². The maximum absolute atomic E-state index is 6.34. The fraction of sp³-hybridized carbons (Fsp3) is 0.600. The van der Waals surface area contributed by atoms with Crippen LogP contribution in [0.1, 0.15) is 37.7 Å². The summed E-state index contributed by atoms with van der Waals surface area (Å²) in [4.78, 5) is 0. The lowest BCUT2D eigenvalue weighted by Crippen LogP contribution is -2.43. The van der Waals surface area contributed by atoms with Gasteiger partial charge in [0.2, 0.25) is 0 Å². The highest BCUT2D eigenvalue weighted by Gasteiger charge is 2.35. The number of hydrogen-bond donors (Lipinski definition) is 1. The molecular weight excluding hydrogens is 262 g/mol. The number of hydrogen-bond acceptors (Lipinski definition) is 3. The number of nitrogens with two attached hydrogens (primary N) is 1. The van der Waals surface area contributed by atoms with Crippen molar-refractivity contribution >= 4 is 11.6 Å². The first-order valence-electron chi connectivity index (χ1n) is 6.92. The molecule has 2 aliphatic carbocycles. The molecular formula is C15H20ClNO2. The Bertz CT molecular complexity index is 481. The molecule has 0 heterocycles. The van der Waals surface area contributed by atoms with E-state index in [4.69, 9.17) is 26.8 Å². The molecule has 0 amide bonds. The summed E-state index contributed by atoms with van der Waals surface area (Å²) in [5.74, 6) is 2.04. The molecule has 0 bridgehead atoms. The molecule has 2 fully saturated rings. The summed E-state index contributed by atoms with van der Waals surface area (Å²) in [5, 5.41) is 0.603. The van der Waals surface area contributed by atoms with Crippen molar-refractivity contribution < 1.29 is 9.47 Å². The molecule has 0 spiro atoms. The van der Waals surface area contributed by atoms with Crippen molar-refractivity contribution in [3.63, 3.8) is 0 Å². The molecule has 1 aromatic carbocycles. The van der Waals surface area contributed by atoms with Gasteiger partial charge < -0.3 is 15.2 Å². The molecule has 2 N–H and O–H groups in total. The fourth-order valence-electron chi connectivity index (χ4n) is 2.48. The average molecular weight is 282 g/mol. The van der Waals surface area contributed by atoms with Gasteiger partial charge in [0, 0.05) is 5.54 Å². The highest BCUT2D eigenvalue weighted by atomic mass is 35.5. The molecule has 19 heavy (non-hydrogen) atoms. The van der Waals surface area contributed by atoms with E-state index in [-0.39, 0.29) is 5.54 Å². The van der Waals surface area contributed by atoms with E-state index < -0.39 is 0 Å². The lowest BCUT2D eigenvalue weighted by molar-refractivity contribution is 0.250. The average Bonchev–Trinajstić information content (AvgIpc) is 3.17. The van der Waals surface area contributed by atoms with E-state index in [0.717, 1.165) is 25.0 Å². The smallest absolute Gasteiger partial charge is 0.179 e. The van der Waals surface area contributed by atoms with E-state index in [1.807, 2.05) is 12.1 Å². The van der Waals surface area contributed by atoms with E-state index in [1.165, 1.54) is 19.3 Å². The molecule has 3 nitrogen and oxygen atoms in total. The Balaban J connectivity index is 1.86. The second-order valence-corrected chi connectivity index (χ2v) is 6.16. The summed E-state index contributed by atoms with van der Waals surface area (Å²) in [6.07, 6.45) is 5.70. The van der Waals surface area contributed by atoms with Crippen LogP contribution in [0.2, 0.25) is 5.02 Å². The molecule has 4 heteroatoms. The van der Waals surface area contributed by atoms with E-state index in [9.17, 15) is 0 Å². The normalized spacial score (nSPS) is 20.8. The molecule has 0 aromatic heterocycles. The minimum absolute atomic E-state index is 0.230. The Labute approximate surface area is 119 Å². The van der Waals surface area contributed by atoms with E-state index in [2.05, 4.69) is 0 Å². The van der Waals surface area contributed by atoms with E-state index in [0.29, 0.717) is 22.4 Å². The maximum atomic E-state index is 6.34. The van der Waals surface area contributed by atoms with Gasteiger partial charge in [0.15, 0.2) is 11.5 Å². The molecule has 0 saturated heterocycles. The topological polar surface area (TPSA) is 44.5 Å². The largest absolute Gasteiger partial charge is 0.493 e. The minimum atomic E-state index is -0.230. The third-order valence-corrected chi connectivity index (χ3v) is 4.49. The molecule has 1 aromatic rings. The van der Waals surface area contributed by atoms with Gasteiger partial charge in [-0.3, -0.25) is 0 Å². The molecule has 0 atom stereocenters. The van der Waals surface area contributed by atoms with Gasteiger partial charge in [0.05, 0.1) is 18.7 Å². The van der Waals surface area contributed by atoms with Crippen LogP contribution in [0.15, 0.2) is 12.1 Å². The van der Waals surface area contributed by atoms with Crippen LogP contribution in [0.25, 0.3) is 0 Å². The van der Waals surface area contributed by atoms with Gasteiger partial charge in [0.1, 0.15) is 0 Å². The second-order valence-electron chi connectivity index (χ2n) is 5.75. The van der Waals surface area contributed by atoms with Crippen LogP contribution in [-0.2, 0) is 5.54 Å². The highest BCUT2D eigenvalue weighted by Crippen LogP contribution is 2.45. The van der Waals surface area contributed by atoms with Crippen LogP contribution in [0.5, 0.6) is 11.5 Å². The van der Waals surface area contributed by atoms with Crippen LogP contribution in [-0.4, -0.2) is 13.7 Å². The van der Waals surface area contributed by atoms with Crippen molar-refractivity contribution in [2.24, 2.45) is 11.7 Å². The number of benzene rings is 1. The minimum Gasteiger partial charge on any atom is -0.493 e. The van der Waals surface area contributed by atoms with Gasteiger partial charge in [-0.2, -0.15) is 0 Å². The Morgan fingerprint density at radius 1 is 1.37 bits per heavy atom. The van der Waals surface area contributed by atoms with Crippen molar-refractivity contribution in [2.45, 2.75) is 37.6 Å². The Morgan fingerprint density at radius 2 is 2.11 bits per heavy atom. The highest BCUT2D eigenvalue weighted by molar-refractivity contribution is 6.32. The summed E-state index contributed by atoms with van der Waals surface area (Å²) in [6, 6.07) is 3.92. The summed E-state index contributed by atoms with van der Waals surface area (Å²) in [5.41, 5.74) is 7.17. The predicted octanol–water partition coefficient (Wildman–Crippen LogP) is 3.48. The quantitative estimate of drug-likeness (QED) is 0.899. The number of halogens is 1. The Kier molecular flexibility index (Phi) is 3.35. The summed E-state index contributed by atoms with van der Waals surface area (Å²) in [7, 11) is 1.64. The summed E-state index contributed by atoms with van der Waals surface area (Å²) >= 11 is 6.34.